The summed E-state index contributed by atoms with van der Waals surface area (Å²) in [7, 11) is 0. The molecule has 0 aliphatic carbocycles. The fraction of sp³-hybridized carbons (Fsp3) is 0.519. The van der Waals surface area contributed by atoms with Gasteiger partial charge in [-0.3, -0.25) is 9.69 Å². The zero-order valence-electron chi connectivity index (χ0n) is 20.1. The lowest BCUT2D eigenvalue weighted by atomic mass is 9.88. The molecule has 0 spiro atoms. The molecule has 0 atom stereocenters. The summed E-state index contributed by atoms with van der Waals surface area (Å²) in [6.45, 7) is 10.0. The second-order valence-corrected chi connectivity index (χ2v) is 9.53. The van der Waals surface area contributed by atoms with Gasteiger partial charge in [0.15, 0.2) is 0 Å². The second-order valence-electron chi connectivity index (χ2n) is 9.09. The van der Waals surface area contributed by atoms with Gasteiger partial charge in [-0.2, -0.15) is 0 Å². The predicted molar refractivity (Wildman–Crippen MR) is 136 cm³/mol. The summed E-state index contributed by atoms with van der Waals surface area (Å²) in [5, 5.41) is 0.801. The number of hydrogen-bond acceptors (Lipinski definition) is 4. The van der Waals surface area contributed by atoms with E-state index < -0.39 is 0 Å². The van der Waals surface area contributed by atoms with E-state index in [4.69, 9.17) is 22.1 Å². The minimum absolute atomic E-state index is 0.0597. The van der Waals surface area contributed by atoms with E-state index in [-0.39, 0.29) is 12.5 Å². The van der Waals surface area contributed by atoms with Gasteiger partial charge in [0.05, 0.1) is 6.54 Å². The van der Waals surface area contributed by atoms with Crippen molar-refractivity contribution in [3.05, 3.63) is 64.2 Å². The van der Waals surface area contributed by atoms with E-state index in [1.54, 1.807) is 0 Å². The molecule has 0 unspecified atom stereocenters. The number of benzene rings is 2. The van der Waals surface area contributed by atoms with Crippen molar-refractivity contribution in [3.8, 4) is 5.75 Å². The summed E-state index contributed by atoms with van der Waals surface area (Å²) in [5.74, 6) is 1.55. The fourth-order valence-electron chi connectivity index (χ4n) is 4.50. The minimum Gasteiger partial charge on any atom is -0.492 e. The highest BCUT2D eigenvalue weighted by Crippen LogP contribution is 2.35. The molecule has 2 aliphatic heterocycles. The molecular weight excluding hydrogens is 434 g/mol. The molecule has 6 heteroatoms. The van der Waals surface area contributed by atoms with E-state index in [0.29, 0.717) is 5.92 Å². The van der Waals surface area contributed by atoms with Gasteiger partial charge in [-0.25, -0.2) is 0 Å². The topological polar surface area (TPSA) is 58.8 Å². The highest BCUT2D eigenvalue weighted by molar-refractivity contribution is 6.30. The lowest BCUT2D eigenvalue weighted by Crippen LogP contribution is -2.41. The Kier molecular flexibility index (Phi) is 10.0. The largest absolute Gasteiger partial charge is 0.492 e. The number of nitrogens with zero attached hydrogens (tertiary/aromatic N) is 2. The molecule has 2 N–H and O–H groups in total. The van der Waals surface area contributed by atoms with Crippen molar-refractivity contribution in [2.24, 2.45) is 5.73 Å². The first-order chi connectivity index (χ1) is 16.0. The standard InChI is InChI=1S/C20H31N3O2.C7H7Cl/c1-16-4-5-18(17-6-10-23(11-7-17)20(24)15-21)19(14-16)25-13-12-22-8-2-3-9-22;1-6-2-4-7(8)5-3-6/h4-5,14,17H,2-3,6-13,15,21H2,1H3;2-5H,1H3. The molecule has 2 aromatic carbocycles. The van der Waals surface area contributed by atoms with Gasteiger partial charge < -0.3 is 15.4 Å². The molecule has 2 aliphatic rings. The molecule has 33 heavy (non-hydrogen) atoms. The van der Waals surface area contributed by atoms with Crippen LogP contribution in [-0.2, 0) is 4.79 Å². The lowest BCUT2D eigenvalue weighted by Gasteiger charge is -2.32. The van der Waals surface area contributed by atoms with Crippen molar-refractivity contribution in [3.63, 3.8) is 0 Å². The number of halogens is 1. The van der Waals surface area contributed by atoms with Crippen molar-refractivity contribution >= 4 is 17.5 Å². The average molecular weight is 472 g/mol. The Labute approximate surface area is 203 Å². The number of nitrogens with two attached hydrogens (primary N) is 1. The third-order valence-corrected chi connectivity index (χ3v) is 6.76. The van der Waals surface area contributed by atoms with Gasteiger partial charge in [0.2, 0.25) is 5.91 Å². The molecule has 2 fully saturated rings. The van der Waals surface area contributed by atoms with E-state index in [9.17, 15) is 4.79 Å². The lowest BCUT2D eigenvalue weighted by molar-refractivity contribution is -0.130. The van der Waals surface area contributed by atoms with Crippen molar-refractivity contribution in [2.75, 3.05) is 45.9 Å². The van der Waals surface area contributed by atoms with Crippen LogP contribution in [0.1, 0.15) is 48.3 Å². The summed E-state index contributed by atoms with van der Waals surface area (Å²) >= 11 is 5.61. The number of carbonyl (C=O) groups excluding carboxylic acids is 1. The van der Waals surface area contributed by atoms with Crippen LogP contribution in [0, 0.1) is 13.8 Å². The SMILES string of the molecule is Cc1ccc(C2CCN(C(=O)CN)CC2)c(OCCN2CCCC2)c1.Cc1ccc(Cl)cc1. The van der Waals surface area contributed by atoms with Crippen LogP contribution in [0.5, 0.6) is 5.75 Å². The summed E-state index contributed by atoms with van der Waals surface area (Å²) in [6.07, 6.45) is 4.60. The first kappa shape index (κ1) is 25.5. The van der Waals surface area contributed by atoms with Crippen molar-refractivity contribution < 1.29 is 9.53 Å². The normalized spacial score (nSPS) is 16.9. The molecule has 2 saturated heterocycles. The summed E-state index contributed by atoms with van der Waals surface area (Å²) in [6, 6.07) is 14.3. The molecule has 2 heterocycles. The van der Waals surface area contributed by atoms with E-state index in [1.165, 1.54) is 42.6 Å². The Morgan fingerprint density at radius 2 is 1.64 bits per heavy atom. The maximum Gasteiger partial charge on any atom is 0.236 e. The third-order valence-electron chi connectivity index (χ3n) is 6.51. The van der Waals surface area contributed by atoms with Crippen molar-refractivity contribution in [1.82, 2.24) is 9.80 Å². The fourth-order valence-corrected chi connectivity index (χ4v) is 4.62. The third kappa shape index (κ3) is 8.02. The summed E-state index contributed by atoms with van der Waals surface area (Å²) in [4.78, 5) is 16.1. The van der Waals surface area contributed by atoms with Crippen LogP contribution in [0.4, 0.5) is 0 Å². The average Bonchev–Trinajstić information content (AvgIpc) is 3.35. The van der Waals surface area contributed by atoms with Gasteiger partial charge in [-0.15, -0.1) is 0 Å². The molecule has 4 rings (SSSR count). The second kappa shape index (κ2) is 13.0. The number of aryl methyl sites for hydroxylation is 2. The Hall–Kier alpha value is -2.08. The summed E-state index contributed by atoms with van der Waals surface area (Å²) < 4.78 is 6.19. The molecular formula is C27H38ClN3O2. The van der Waals surface area contributed by atoms with Gasteiger partial charge >= 0.3 is 0 Å². The van der Waals surface area contributed by atoms with Gasteiger partial charge in [0.25, 0.3) is 0 Å². The van der Waals surface area contributed by atoms with Gasteiger partial charge in [-0.1, -0.05) is 41.4 Å². The maximum atomic E-state index is 11.8. The number of likely N-dealkylation sites (tertiary alicyclic amines) is 2. The number of carbonyl (C=O) groups is 1. The van der Waals surface area contributed by atoms with E-state index >= 15 is 0 Å². The van der Waals surface area contributed by atoms with Crippen molar-refractivity contribution in [2.45, 2.75) is 45.4 Å². The quantitative estimate of drug-likeness (QED) is 0.658. The molecule has 0 radical (unpaired) electrons. The van der Waals surface area contributed by atoms with Crippen LogP contribution in [0.2, 0.25) is 5.02 Å². The zero-order chi connectivity index (χ0) is 23.6. The first-order valence-electron chi connectivity index (χ1n) is 12.1. The number of piperidine rings is 1. The molecule has 180 valence electrons. The Balaban J connectivity index is 0.000000323. The van der Waals surface area contributed by atoms with E-state index in [0.717, 1.165) is 49.9 Å². The van der Waals surface area contributed by atoms with Crippen molar-refractivity contribution in [1.29, 1.82) is 0 Å². The van der Waals surface area contributed by atoms with E-state index in [1.807, 2.05) is 36.1 Å². The Bertz CT molecular complexity index is 852. The van der Waals surface area contributed by atoms with Gasteiger partial charge in [0, 0.05) is 24.7 Å². The number of amides is 1. The molecule has 0 aromatic heterocycles. The highest BCUT2D eigenvalue weighted by Gasteiger charge is 2.25. The van der Waals surface area contributed by atoms with Crippen LogP contribution in [0.25, 0.3) is 0 Å². The molecule has 0 saturated carbocycles. The monoisotopic (exact) mass is 471 g/mol. The number of rotatable bonds is 6. The van der Waals surface area contributed by atoms with Gasteiger partial charge in [-0.05, 0) is 87.9 Å². The van der Waals surface area contributed by atoms with Crippen LogP contribution in [0.15, 0.2) is 42.5 Å². The zero-order valence-corrected chi connectivity index (χ0v) is 20.8. The smallest absolute Gasteiger partial charge is 0.236 e. The minimum atomic E-state index is 0.0597. The number of ether oxygens (including phenoxy) is 1. The highest BCUT2D eigenvalue weighted by atomic mass is 35.5. The molecule has 5 nitrogen and oxygen atoms in total. The van der Waals surface area contributed by atoms with Crippen LogP contribution >= 0.6 is 11.6 Å². The maximum absolute atomic E-state index is 11.8. The summed E-state index contributed by atoms with van der Waals surface area (Å²) in [5.41, 5.74) is 9.26. The molecule has 0 bridgehead atoms. The van der Waals surface area contributed by atoms with Gasteiger partial charge in [0.1, 0.15) is 12.4 Å². The molecule has 1 amide bonds. The number of hydrogen-bond donors (Lipinski definition) is 1. The van der Waals surface area contributed by atoms with Crippen LogP contribution in [-0.4, -0.2) is 61.6 Å². The first-order valence-corrected chi connectivity index (χ1v) is 12.5. The predicted octanol–water partition coefficient (Wildman–Crippen LogP) is 4.78. The Morgan fingerprint density at radius 1 is 1.00 bits per heavy atom. The molecule has 2 aromatic rings. The Morgan fingerprint density at radius 3 is 2.24 bits per heavy atom. The van der Waals surface area contributed by atoms with E-state index in [2.05, 4.69) is 30.0 Å². The van der Waals surface area contributed by atoms with Crippen LogP contribution < -0.4 is 10.5 Å². The van der Waals surface area contributed by atoms with Crippen LogP contribution in [0.3, 0.4) is 0 Å².